The van der Waals surface area contributed by atoms with Crippen LogP contribution in [0.5, 0.6) is 0 Å². The largest absolute Gasteiger partial charge is 0.354 e. The van der Waals surface area contributed by atoms with Gasteiger partial charge in [0.25, 0.3) is 0 Å². The maximum absolute atomic E-state index is 13.0. The maximum Gasteiger partial charge on any atom is 0.227 e. The Morgan fingerprint density at radius 3 is 2.67 bits per heavy atom. The number of aromatic nitrogens is 2. The SMILES string of the molecule is CCN1CCN(C(=O)C2CCCN(c3ccc(-c4cccs4)nn3)C2)CC1. The lowest BCUT2D eigenvalue weighted by molar-refractivity contribution is -0.137. The Kier molecular flexibility index (Phi) is 5.69. The minimum Gasteiger partial charge on any atom is -0.354 e. The number of amides is 1. The second kappa shape index (κ2) is 8.35. The van der Waals surface area contributed by atoms with Gasteiger partial charge >= 0.3 is 0 Å². The van der Waals surface area contributed by atoms with Crippen molar-refractivity contribution in [3.63, 3.8) is 0 Å². The minimum atomic E-state index is 0.0747. The van der Waals surface area contributed by atoms with Gasteiger partial charge in [-0.25, -0.2) is 0 Å². The molecule has 1 unspecified atom stereocenters. The van der Waals surface area contributed by atoms with Crippen molar-refractivity contribution < 1.29 is 4.79 Å². The Bertz CT molecular complexity index is 740. The third kappa shape index (κ3) is 4.14. The maximum atomic E-state index is 13.0. The van der Waals surface area contributed by atoms with Gasteiger partial charge in [0, 0.05) is 39.3 Å². The van der Waals surface area contributed by atoms with Crippen LogP contribution in [0.4, 0.5) is 5.82 Å². The van der Waals surface area contributed by atoms with Crippen LogP contribution in [0.3, 0.4) is 0 Å². The van der Waals surface area contributed by atoms with Crippen molar-refractivity contribution in [2.45, 2.75) is 19.8 Å². The first-order valence-corrected chi connectivity index (χ1v) is 10.8. The number of thiophene rings is 1. The molecule has 0 aromatic carbocycles. The van der Waals surface area contributed by atoms with Crippen molar-refractivity contribution in [3.05, 3.63) is 29.6 Å². The Balaban J connectivity index is 1.38. The van der Waals surface area contributed by atoms with Crippen LogP contribution in [0.15, 0.2) is 29.6 Å². The summed E-state index contributed by atoms with van der Waals surface area (Å²) in [5.74, 6) is 1.27. The average molecular weight is 386 g/mol. The molecular formula is C20H27N5OS. The summed E-state index contributed by atoms with van der Waals surface area (Å²) < 4.78 is 0. The van der Waals surface area contributed by atoms with E-state index in [0.29, 0.717) is 5.91 Å². The number of anilines is 1. The Labute approximate surface area is 164 Å². The fraction of sp³-hybridized carbons (Fsp3) is 0.550. The van der Waals surface area contributed by atoms with E-state index in [1.807, 2.05) is 23.6 Å². The highest BCUT2D eigenvalue weighted by Gasteiger charge is 2.31. The molecule has 4 rings (SSSR count). The molecule has 2 fully saturated rings. The lowest BCUT2D eigenvalue weighted by atomic mass is 9.96. The van der Waals surface area contributed by atoms with E-state index in [0.717, 1.165) is 75.0 Å². The quantitative estimate of drug-likeness (QED) is 0.810. The number of likely N-dealkylation sites (N-methyl/N-ethyl adjacent to an activating group) is 1. The van der Waals surface area contributed by atoms with E-state index >= 15 is 0 Å². The van der Waals surface area contributed by atoms with Gasteiger partial charge in [0.05, 0.1) is 10.8 Å². The molecule has 0 saturated carbocycles. The van der Waals surface area contributed by atoms with Gasteiger partial charge in [-0.1, -0.05) is 13.0 Å². The smallest absolute Gasteiger partial charge is 0.227 e. The van der Waals surface area contributed by atoms with Crippen molar-refractivity contribution >= 4 is 23.1 Å². The van der Waals surface area contributed by atoms with Crippen LogP contribution >= 0.6 is 11.3 Å². The Morgan fingerprint density at radius 1 is 1.15 bits per heavy atom. The van der Waals surface area contributed by atoms with Crippen LogP contribution in [0.25, 0.3) is 10.6 Å². The summed E-state index contributed by atoms with van der Waals surface area (Å²) in [7, 11) is 0. The van der Waals surface area contributed by atoms with Crippen LogP contribution in [-0.4, -0.2) is 71.7 Å². The zero-order chi connectivity index (χ0) is 18.6. The molecule has 0 aliphatic carbocycles. The first kappa shape index (κ1) is 18.4. The van der Waals surface area contributed by atoms with E-state index in [4.69, 9.17) is 0 Å². The van der Waals surface area contributed by atoms with Gasteiger partial charge in [0.1, 0.15) is 5.69 Å². The highest BCUT2D eigenvalue weighted by Crippen LogP contribution is 2.26. The van der Waals surface area contributed by atoms with Crippen LogP contribution in [0.2, 0.25) is 0 Å². The first-order chi connectivity index (χ1) is 13.2. The molecule has 1 amide bonds. The normalized spacial score (nSPS) is 21.4. The van der Waals surface area contributed by atoms with Crippen molar-refractivity contribution in [1.82, 2.24) is 20.0 Å². The second-order valence-corrected chi connectivity index (χ2v) is 8.25. The number of carbonyl (C=O) groups excluding carboxylic acids is 1. The van der Waals surface area contributed by atoms with E-state index in [2.05, 4.69) is 37.9 Å². The zero-order valence-corrected chi connectivity index (χ0v) is 16.7. The molecule has 0 N–H and O–H groups in total. The standard InChI is InChI=1S/C20H27N5OS/c1-2-23-10-12-24(13-11-23)20(26)16-5-3-9-25(15-16)19-8-7-17(21-22-19)18-6-4-14-27-18/h4,6-8,14,16H,2-3,5,9-13,15H2,1H3. The molecule has 1 atom stereocenters. The summed E-state index contributed by atoms with van der Waals surface area (Å²) in [6.45, 7) is 8.65. The summed E-state index contributed by atoms with van der Waals surface area (Å²) in [4.78, 5) is 20.8. The van der Waals surface area contributed by atoms with Crippen LogP contribution in [0, 0.1) is 5.92 Å². The average Bonchev–Trinajstić information content (AvgIpc) is 3.28. The molecule has 2 saturated heterocycles. The predicted molar refractivity (Wildman–Crippen MR) is 109 cm³/mol. The molecule has 27 heavy (non-hydrogen) atoms. The third-order valence-corrected chi connectivity index (χ3v) is 6.54. The number of rotatable bonds is 4. The zero-order valence-electron chi connectivity index (χ0n) is 15.9. The fourth-order valence-electron chi connectivity index (χ4n) is 3.98. The van der Waals surface area contributed by atoms with Crippen LogP contribution < -0.4 is 4.90 Å². The van der Waals surface area contributed by atoms with Crippen molar-refractivity contribution in [1.29, 1.82) is 0 Å². The molecule has 4 heterocycles. The molecule has 0 bridgehead atoms. The number of nitrogens with zero attached hydrogens (tertiary/aromatic N) is 5. The molecule has 144 valence electrons. The molecule has 7 heteroatoms. The molecule has 2 aliphatic rings. The number of piperazine rings is 1. The summed E-state index contributed by atoms with van der Waals surface area (Å²) in [6.07, 6.45) is 2.00. The van der Waals surface area contributed by atoms with Crippen molar-refractivity contribution in [3.8, 4) is 10.6 Å². The Hall–Kier alpha value is -1.99. The van der Waals surface area contributed by atoms with Gasteiger partial charge in [-0.3, -0.25) is 4.79 Å². The number of hydrogen-bond donors (Lipinski definition) is 0. The van der Waals surface area contributed by atoms with Crippen molar-refractivity contribution in [2.24, 2.45) is 5.92 Å². The topological polar surface area (TPSA) is 52.6 Å². The molecule has 2 aromatic heterocycles. The predicted octanol–water partition coefficient (Wildman–Crippen LogP) is 2.59. The molecular weight excluding hydrogens is 358 g/mol. The van der Waals surface area contributed by atoms with E-state index in [-0.39, 0.29) is 5.92 Å². The highest BCUT2D eigenvalue weighted by atomic mass is 32.1. The first-order valence-electron chi connectivity index (χ1n) is 9.88. The molecule has 2 aromatic rings. The fourth-order valence-corrected chi connectivity index (χ4v) is 4.67. The summed E-state index contributed by atoms with van der Waals surface area (Å²) in [6, 6.07) is 8.15. The molecule has 6 nitrogen and oxygen atoms in total. The Morgan fingerprint density at radius 2 is 2.00 bits per heavy atom. The van der Waals surface area contributed by atoms with E-state index < -0.39 is 0 Å². The molecule has 2 aliphatic heterocycles. The monoisotopic (exact) mass is 385 g/mol. The lowest BCUT2D eigenvalue weighted by Gasteiger charge is -2.39. The highest BCUT2D eigenvalue weighted by molar-refractivity contribution is 7.13. The number of piperidine rings is 1. The minimum absolute atomic E-state index is 0.0747. The van der Waals surface area contributed by atoms with Gasteiger partial charge in [0.15, 0.2) is 5.82 Å². The van der Waals surface area contributed by atoms with Gasteiger partial charge in [-0.2, -0.15) is 0 Å². The van der Waals surface area contributed by atoms with Gasteiger partial charge < -0.3 is 14.7 Å². The summed E-state index contributed by atoms with van der Waals surface area (Å²) in [5.41, 5.74) is 0.909. The van der Waals surface area contributed by atoms with Gasteiger partial charge in [-0.15, -0.1) is 21.5 Å². The van der Waals surface area contributed by atoms with E-state index in [9.17, 15) is 4.79 Å². The number of hydrogen-bond acceptors (Lipinski definition) is 6. The summed E-state index contributed by atoms with van der Waals surface area (Å²) >= 11 is 1.67. The lowest BCUT2D eigenvalue weighted by Crippen LogP contribution is -2.52. The van der Waals surface area contributed by atoms with Crippen LogP contribution in [-0.2, 0) is 4.79 Å². The van der Waals surface area contributed by atoms with Gasteiger partial charge in [0.2, 0.25) is 5.91 Å². The van der Waals surface area contributed by atoms with Crippen LogP contribution in [0.1, 0.15) is 19.8 Å². The van der Waals surface area contributed by atoms with E-state index in [1.165, 1.54) is 0 Å². The van der Waals surface area contributed by atoms with Crippen molar-refractivity contribution in [2.75, 3.05) is 50.7 Å². The van der Waals surface area contributed by atoms with Gasteiger partial charge in [-0.05, 0) is 43.0 Å². The number of carbonyl (C=O) groups is 1. The summed E-state index contributed by atoms with van der Waals surface area (Å²) in [5, 5.41) is 10.9. The second-order valence-electron chi connectivity index (χ2n) is 7.30. The molecule has 0 radical (unpaired) electrons. The third-order valence-electron chi connectivity index (χ3n) is 5.65. The van der Waals surface area contributed by atoms with E-state index in [1.54, 1.807) is 11.3 Å². The molecule has 0 spiro atoms.